The maximum atomic E-state index is 13.4. The van der Waals surface area contributed by atoms with Crippen LogP contribution in [0.1, 0.15) is 0 Å². The first-order valence-corrected chi connectivity index (χ1v) is 7.01. The molecule has 1 aliphatic rings. The van der Waals surface area contributed by atoms with E-state index in [1.165, 1.54) is 18.2 Å². The van der Waals surface area contributed by atoms with Crippen LogP contribution in [0.15, 0.2) is 29.2 Å². The first-order chi connectivity index (χ1) is 8.59. The van der Waals surface area contributed by atoms with E-state index in [4.69, 9.17) is 9.47 Å². The van der Waals surface area contributed by atoms with Crippen LogP contribution in [0.5, 0.6) is 0 Å². The molecule has 18 heavy (non-hydrogen) atoms. The van der Waals surface area contributed by atoms with Gasteiger partial charge in [0.25, 0.3) is 0 Å². The highest BCUT2D eigenvalue weighted by Crippen LogP contribution is 2.13. The number of ether oxygens (including phenoxy) is 2. The Morgan fingerprint density at radius 2 is 2.11 bits per heavy atom. The number of halogens is 1. The molecule has 2 rings (SSSR count). The second-order valence-corrected chi connectivity index (χ2v) is 5.59. The Balaban J connectivity index is 2.01. The van der Waals surface area contributed by atoms with Crippen molar-refractivity contribution >= 4 is 10.0 Å². The van der Waals surface area contributed by atoms with Crippen LogP contribution in [0.3, 0.4) is 0 Å². The van der Waals surface area contributed by atoms with E-state index < -0.39 is 15.8 Å². The highest BCUT2D eigenvalue weighted by molar-refractivity contribution is 7.89. The molecule has 1 unspecified atom stereocenters. The number of nitrogens with one attached hydrogen (secondary N) is 1. The number of benzene rings is 1. The van der Waals surface area contributed by atoms with E-state index in [1.807, 2.05) is 0 Å². The summed E-state index contributed by atoms with van der Waals surface area (Å²) in [4.78, 5) is -0.360. The molecule has 1 aromatic carbocycles. The van der Waals surface area contributed by atoms with Gasteiger partial charge in [-0.15, -0.1) is 0 Å². The first-order valence-electron chi connectivity index (χ1n) is 5.53. The summed E-state index contributed by atoms with van der Waals surface area (Å²) in [5, 5.41) is 0. The van der Waals surface area contributed by atoms with Gasteiger partial charge in [0.15, 0.2) is 0 Å². The average Bonchev–Trinajstić information content (AvgIpc) is 2.38. The monoisotopic (exact) mass is 275 g/mol. The summed E-state index contributed by atoms with van der Waals surface area (Å²) in [5.74, 6) is -0.772. The van der Waals surface area contributed by atoms with Crippen molar-refractivity contribution in [2.45, 2.75) is 11.0 Å². The fourth-order valence-corrected chi connectivity index (χ4v) is 2.74. The predicted octanol–water partition coefficient (Wildman–Crippen LogP) is 0.519. The van der Waals surface area contributed by atoms with Gasteiger partial charge in [-0.25, -0.2) is 17.5 Å². The molecule has 5 nitrogen and oxygen atoms in total. The normalized spacial score (nSPS) is 20.8. The largest absolute Gasteiger partial charge is 0.376 e. The average molecular weight is 275 g/mol. The van der Waals surface area contributed by atoms with Gasteiger partial charge in [0.1, 0.15) is 10.7 Å². The number of rotatable bonds is 4. The third kappa shape index (κ3) is 3.26. The van der Waals surface area contributed by atoms with Crippen molar-refractivity contribution in [3.8, 4) is 0 Å². The molecule has 0 spiro atoms. The molecule has 100 valence electrons. The zero-order valence-corrected chi connectivity index (χ0v) is 10.5. The zero-order chi connectivity index (χ0) is 13.0. The molecule has 0 amide bonds. The van der Waals surface area contributed by atoms with Gasteiger partial charge in [-0.1, -0.05) is 12.1 Å². The van der Waals surface area contributed by atoms with Gasteiger partial charge in [0.2, 0.25) is 10.0 Å². The van der Waals surface area contributed by atoms with Crippen molar-refractivity contribution in [2.75, 3.05) is 26.4 Å². The molecule has 1 heterocycles. The molecule has 1 aromatic rings. The van der Waals surface area contributed by atoms with Gasteiger partial charge in [-0.2, -0.15) is 0 Å². The second kappa shape index (κ2) is 5.75. The Bertz CT molecular complexity index is 500. The Labute approximate surface area is 105 Å². The summed E-state index contributed by atoms with van der Waals surface area (Å²) < 4.78 is 49.8. The number of sulfonamides is 1. The minimum Gasteiger partial charge on any atom is -0.376 e. The predicted molar refractivity (Wildman–Crippen MR) is 62.1 cm³/mol. The zero-order valence-electron chi connectivity index (χ0n) is 9.63. The van der Waals surface area contributed by atoms with Crippen LogP contribution in [-0.4, -0.2) is 40.9 Å². The summed E-state index contributed by atoms with van der Waals surface area (Å²) in [5.41, 5.74) is 0. The Morgan fingerprint density at radius 1 is 1.33 bits per heavy atom. The minimum atomic E-state index is -3.85. The van der Waals surface area contributed by atoms with Crippen LogP contribution in [0.25, 0.3) is 0 Å². The standard InChI is InChI=1S/C11H14FNO4S/c12-10-3-1-2-4-11(10)18(14,15)13-7-9-8-16-5-6-17-9/h1-4,9,13H,5-8H2. The lowest BCUT2D eigenvalue weighted by molar-refractivity contribution is -0.0847. The Morgan fingerprint density at radius 3 is 2.78 bits per heavy atom. The van der Waals surface area contributed by atoms with Crippen molar-refractivity contribution in [2.24, 2.45) is 0 Å². The van der Waals surface area contributed by atoms with E-state index in [0.29, 0.717) is 19.8 Å². The molecular formula is C11H14FNO4S. The molecule has 1 fully saturated rings. The summed E-state index contributed by atoms with van der Waals surface area (Å²) in [6, 6.07) is 5.23. The summed E-state index contributed by atoms with van der Waals surface area (Å²) >= 11 is 0. The number of hydrogen-bond acceptors (Lipinski definition) is 4. The molecule has 0 radical (unpaired) electrons. The van der Waals surface area contributed by atoms with Crippen molar-refractivity contribution < 1.29 is 22.3 Å². The van der Waals surface area contributed by atoms with Crippen molar-refractivity contribution in [3.05, 3.63) is 30.1 Å². The van der Waals surface area contributed by atoms with E-state index in [9.17, 15) is 12.8 Å². The van der Waals surface area contributed by atoms with E-state index in [2.05, 4.69) is 4.72 Å². The van der Waals surface area contributed by atoms with Crippen LogP contribution in [0.2, 0.25) is 0 Å². The fourth-order valence-electron chi connectivity index (χ4n) is 1.60. The fraction of sp³-hybridized carbons (Fsp3) is 0.455. The number of hydrogen-bond donors (Lipinski definition) is 1. The van der Waals surface area contributed by atoms with Crippen LogP contribution in [0.4, 0.5) is 4.39 Å². The Kier molecular flexibility index (Phi) is 4.28. The highest BCUT2D eigenvalue weighted by Gasteiger charge is 2.21. The second-order valence-electron chi connectivity index (χ2n) is 3.85. The van der Waals surface area contributed by atoms with Gasteiger partial charge in [-0.05, 0) is 12.1 Å². The van der Waals surface area contributed by atoms with Gasteiger partial charge >= 0.3 is 0 Å². The molecule has 0 aromatic heterocycles. The van der Waals surface area contributed by atoms with Gasteiger partial charge in [0.05, 0.1) is 25.9 Å². The quantitative estimate of drug-likeness (QED) is 0.870. The SMILES string of the molecule is O=S(=O)(NCC1COCCO1)c1ccccc1F. The molecule has 1 saturated heterocycles. The smallest absolute Gasteiger partial charge is 0.243 e. The molecule has 0 aliphatic carbocycles. The molecule has 0 bridgehead atoms. The molecule has 1 atom stereocenters. The lowest BCUT2D eigenvalue weighted by Crippen LogP contribution is -2.39. The van der Waals surface area contributed by atoms with Crippen molar-refractivity contribution in [1.82, 2.24) is 4.72 Å². The third-order valence-corrected chi connectivity index (χ3v) is 3.97. The minimum absolute atomic E-state index is 0.0661. The summed E-state index contributed by atoms with van der Waals surface area (Å²) in [6.45, 7) is 1.35. The summed E-state index contributed by atoms with van der Waals surface area (Å²) in [7, 11) is -3.85. The van der Waals surface area contributed by atoms with E-state index in [-0.39, 0.29) is 17.5 Å². The molecule has 1 N–H and O–H groups in total. The summed E-state index contributed by atoms with van der Waals surface area (Å²) in [6.07, 6.45) is -0.333. The van der Waals surface area contributed by atoms with Crippen molar-refractivity contribution in [1.29, 1.82) is 0 Å². The van der Waals surface area contributed by atoms with Gasteiger partial charge < -0.3 is 9.47 Å². The highest BCUT2D eigenvalue weighted by atomic mass is 32.2. The van der Waals surface area contributed by atoms with Crippen molar-refractivity contribution in [3.63, 3.8) is 0 Å². The van der Waals surface area contributed by atoms with Crippen LogP contribution < -0.4 is 4.72 Å². The lowest BCUT2D eigenvalue weighted by atomic mass is 10.3. The van der Waals surface area contributed by atoms with Gasteiger partial charge in [-0.3, -0.25) is 0 Å². The molecular weight excluding hydrogens is 261 g/mol. The Hall–Kier alpha value is -1.02. The van der Waals surface area contributed by atoms with E-state index >= 15 is 0 Å². The lowest BCUT2D eigenvalue weighted by Gasteiger charge is -2.23. The topological polar surface area (TPSA) is 64.6 Å². The van der Waals surface area contributed by atoms with E-state index in [0.717, 1.165) is 6.07 Å². The van der Waals surface area contributed by atoms with Crippen LogP contribution in [0, 0.1) is 5.82 Å². The molecule has 0 saturated carbocycles. The maximum Gasteiger partial charge on any atom is 0.243 e. The molecule has 1 aliphatic heterocycles. The van der Waals surface area contributed by atoms with Crippen LogP contribution in [-0.2, 0) is 19.5 Å². The molecule has 7 heteroatoms. The third-order valence-electron chi connectivity index (χ3n) is 2.51. The maximum absolute atomic E-state index is 13.4. The van der Waals surface area contributed by atoms with Gasteiger partial charge in [0, 0.05) is 6.54 Å². The van der Waals surface area contributed by atoms with E-state index in [1.54, 1.807) is 0 Å². The first kappa shape index (κ1) is 13.4. The van der Waals surface area contributed by atoms with Crippen LogP contribution >= 0.6 is 0 Å².